The van der Waals surface area contributed by atoms with Gasteiger partial charge in [-0.2, -0.15) is 0 Å². The number of hydrogen-bond donors (Lipinski definition) is 1. The van der Waals surface area contributed by atoms with Gasteiger partial charge in [0, 0.05) is 13.1 Å². The van der Waals surface area contributed by atoms with Crippen molar-refractivity contribution in [2.75, 3.05) is 24.5 Å². The van der Waals surface area contributed by atoms with Gasteiger partial charge in [-0.3, -0.25) is 13.9 Å². The number of ether oxygens (including phenoxy) is 1. The van der Waals surface area contributed by atoms with Gasteiger partial charge in [0.15, 0.2) is 0 Å². The molecule has 0 fully saturated rings. The number of carbonyl (C=O) groups is 2. The summed E-state index contributed by atoms with van der Waals surface area (Å²) in [6.45, 7) is 5.36. The molecule has 11 heteroatoms. The highest BCUT2D eigenvalue weighted by molar-refractivity contribution is 7.92. The molecule has 0 aromatic heterocycles. The molecule has 0 unspecified atom stereocenters. The summed E-state index contributed by atoms with van der Waals surface area (Å²) in [6.07, 6.45) is 1.69. The summed E-state index contributed by atoms with van der Waals surface area (Å²) in [5.41, 5.74) is 1.63. The minimum absolute atomic E-state index is 0.0117. The fourth-order valence-electron chi connectivity index (χ4n) is 4.12. The summed E-state index contributed by atoms with van der Waals surface area (Å²) in [4.78, 5) is 28.4. The Labute approximate surface area is 252 Å². The van der Waals surface area contributed by atoms with Crippen LogP contribution in [0.1, 0.15) is 37.8 Å². The van der Waals surface area contributed by atoms with Crippen molar-refractivity contribution < 1.29 is 22.7 Å². The third kappa shape index (κ3) is 8.15. The van der Waals surface area contributed by atoms with E-state index in [1.54, 1.807) is 49.4 Å². The van der Waals surface area contributed by atoms with Gasteiger partial charge in [-0.25, -0.2) is 8.42 Å². The molecule has 1 N–H and O–H groups in total. The minimum Gasteiger partial charge on any atom is -0.497 e. The summed E-state index contributed by atoms with van der Waals surface area (Å²) >= 11 is 12.7. The van der Waals surface area contributed by atoms with E-state index >= 15 is 0 Å². The van der Waals surface area contributed by atoms with Crippen molar-refractivity contribution in [1.82, 2.24) is 10.2 Å². The Balaban J connectivity index is 2.05. The standard InChI is InChI=1S/C30H35Cl2N3O5S/c1-5-6-17-33-30(37)22(3)34(19-23-9-7-10-24(18-23)40-4)28(36)20-35(27-12-8-11-26(31)29(27)32)41(38,39)25-15-13-21(2)14-16-25/h7-16,18,22H,5-6,17,19-20H2,1-4H3,(H,33,37)/t22-/m0/s1. The highest BCUT2D eigenvalue weighted by Crippen LogP contribution is 2.35. The van der Waals surface area contributed by atoms with Crippen molar-refractivity contribution in [3.05, 3.63) is 87.9 Å². The SMILES string of the molecule is CCCCNC(=O)[C@H](C)N(Cc1cccc(OC)c1)C(=O)CN(c1cccc(Cl)c1Cl)S(=O)(=O)c1ccc(C)cc1. The van der Waals surface area contributed by atoms with E-state index in [-0.39, 0.29) is 33.1 Å². The van der Waals surface area contributed by atoms with E-state index in [4.69, 9.17) is 27.9 Å². The summed E-state index contributed by atoms with van der Waals surface area (Å²) in [5, 5.41) is 2.99. The van der Waals surface area contributed by atoms with E-state index in [1.807, 2.05) is 13.8 Å². The lowest BCUT2D eigenvalue weighted by Gasteiger charge is -2.32. The molecule has 220 valence electrons. The van der Waals surface area contributed by atoms with Crippen LogP contribution in [0.3, 0.4) is 0 Å². The Hall–Kier alpha value is -3.27. The first kappa shape index (κ1) is 32.2. The second kappa shape index (κ2) is 14.6. The summed E-state index contributed by atoms with van der Waals surface area (Å²) < 4.78 is 34.1. The van der Waals surface area contributed by atoms with Crippen LogP contribution in [0.5, 0.6) is 5.75 Å². The first-order chi connectivity index (χ1) is 19.5. The number of halogens is 2. The van der Waals surface area contributed by atoms with Gasteiger partial charge in [0.05, 0.1) is 27.7 Å². The fourth-order valence-corrected chi connectivity index (χ4v) is 6.00. The van der Waals surface area contributed by atoms with Crippen molar-refractivity contribution in [3.63, 3.8) is 0 Å². The highest BCUT2D eigenvalue weighted by Gasteiger charge is 2.33. The molecule has 0 heterocycles. The van der Waals surface area contributed by atoms with E-state index in [2.05, 4.69) is 5.32 Å². The van der Waals surface area contributed by atoms with Crippen LogP contribution in [0.15, 0.2) is 71.6 Å². The monoisotopic (exact) mass is 619 g/mol. The van der Waals surface area contributed by atoms with Crippen LogP contribution in [-0.2, 0) is 26.2 Å². The topological polar surface area (TPSA) is 96.0 Å². The third-order valence-electron chi connectivity index (χ3n) is 6.57. The number of anilines is 1. The maximum Gasteiger partial charge on any atom is 0.264 e. The third-order valence-corrected chi connectivity index (χ3v) is 9.15. The van der Waals surface area contributed by atoms with Crippen LogP contribution in [0.25, 0.3) is 0 Å². The van der Waals surface area contributed by atoms with Crippen LogP contribution in [0, 0.1) is 6.92 Å². The van der Waals surface area contributed by atoms with E-state index in [0.717, 1.165) is 22.7 Å². The molecule has 1 atom stereocenters. The molecule has 2 amide bonds. The molecule has 0 bridgehead atoms. The van der Waals surface area contributed by atoms with Crippen molar-refractivity contribution in [3.8, 4) is 5.75 Å². The molecular weight excluding hydrogens is 585 g/mol. The van der Waals surface area contributed by atoms with Crippen LogP contribution >= 0.6 is 23.2 Å². The van der Waals surface area contributed by atoms with Crippen molar-refractivity contribution in [2.24, 2.45) is 0 Å². The van der Waals surface area contributed by atoms with Crippen LogP contribution in [-0.4, -0.2) is 51.4 Å². The molecule has 0 radical (unpaired) electrons. The lowest BCUT2D eigenvalue weighted by Crippen LogP contribution is -2.51. The van der Waals surface area contributed by atoms with Crippen LogP contribution in [0.4, 0.5) is 5.69 Å². The number of unbranched alkanes of at least 4 members (excludes halogenated alkanes) is 1. The van der Waals surface area contributed by atoms with Gasteiger partial charge < -0.3 is 15.0 Å². The van der Waals surface area contributed by atoms with Crippen LogP contribution < -0.4 is 14.4 Å². The molecule has 41 heavy (non-hydrogen) atoms. The molecule has 0 saturated carbocycles. The molecule has 3 aromatic rings. The minimum atomic E-state index is -4.26. The molecule has 3 aromatic carbocycles. The van der Waals surface area contributed by atoms with Crippen molar-refractivity contribution in [1.29, 1.82) is 0 Å². The largest absolute Gasteiger partial charge is 0.497 e. The van der Waals surface area contributed by atoms with Crippen molar-refractivity contribution >= 4 is 50.7 Å². The molecule has 0 aliphatic heterocycles. The molecule has 0 saturated heterocycles. The van der Waals surface area contributed by atoms with Crippen molar-refractivity contribution in [2.45, 2.75) is 51.1 Å². The summed E-state index contributed by atoms with van der Waals surface area (Å²) in [7, 11) is -2.73. The number of amides is 2. The molecule has 8 nitrogen and oxygen atoms in total. The average Bonchev–Trinajstić information content (AvgIpc) is 2.96. The molecule has 0 spiro atoms. The van der Waals surface area contributed by atoms with Gasteiger partial charge in [-0.1, -0.05) is 72.4 Å². The Morgan fingerprint density at radius 3 is 2.37 bits per heavy atom. The number of methoxy groups -OCH3 is 1. The summed E-state index contributed by atoms with van der Waals surface area (Å²) in [5.74, 6) is -0.356. The molecular formula is C30H35Cl2N3O5S. The Morgan fingerprint density at radius 2 is 1.71 bits per heavy atom. The van der Waals surface area contributed by atoms with Gasteiger partial charge in [-0.15, -0.1) is 0 Å². The van der Waals surface area contributed by atoms with Gasteiger partial charge in [-0.05, 0) is 62.2 Å². The first-order valence-electron chi connectivity index (χ1n) is 13.2. The van der Waals surface area contributed by atoms with Crippen LogP contribution in [0.2, 0.25) is 10.0 Å². The smallest absolute Gasteiger partial charge is 0.264 e. The second-order valence-corrected chi connectivity index (χ2v) is 12.2. The Kier molecular flexibility index (Phi) is 11.5. The predicted octanol–water partition coefficient (Wildman–Crippen LogP) is 5.84. The van der Waals surface area contributed by atoms with Gasteiger partial charge in [0.1, 0.15) is 18.3 Å². The lowest BCUT2D eigenvalue weighted by molar-refractivity contribution is -0.139. The fraction of sp³-hybridized carbons (Fsp3) is 0.333. The lowest BCUT2D eigenvalue weighted by atomic mass is 10.1. The normalized spacial score (nSPS) is 12.0. The Morgan fingerprint density at radius 1 is 1.02 bits per heavy atom. The number of nitrogens with one attached hydrogen (secondary N) is 1. The highest BCUT2D eigenvalue weighted by atomic mass is 35.5. The maximum atomic E-state index is 14.0. The number of rotatable bonds is 13. The molecule has 0 aliphatic rings. The maximum absolute atomic E-state index is 14.0. The van der Waals surface area contributed by atoms with Gasteiger partial charge >= 0.3 is 0 Å². The zero-order chi connectivity index (χ0) is 30.2. The number of hydrogen-bond acceptors (Lipinski definition) is 5. The van der Waals surface area contributed by atoms with E-state index in [9.17, 15) is 18.0 Å². The number of nitrogens with zero attached hydrogens (tertiary/aromatic N) is 2. The number of carbonyl (C=O) groups excluding carboxylic acids is 2. The number of benzene rings is 3. The summed E-state index contributed by atoms with van der Waals surface area (Å²) in [6, 6.07) is 17.1. The Bertz CT molecular complexity index is 1470. The predicted molar refractivity (Wildman–Crippen MR) is 163 cm³/mol. The van der Waals surface area contributed by atoms with Gasteiger partial charge in [0.2, 0.25) is 11.8 Å². The number of sulfonamides is 1. The van der Waals surface area contributed by atoms with E-state index in [1.165, 1.54) is 36.3 Å². The number of aryl methyl sites for hydroxylation is 1. The molecule has 3 rings (SSSR count). The quantitative estimate of drug-likeness (QED) is 0.243. The van der Waals surface area contributed by atoms with E-state index in [0.29, 0.717) is 17.9 Å². The average molecular weight is 621 g/mol. The zero-order valence-electron chi connectivity index (χ0n) is 23.6. The van der Waals surface area contributed by atoms with Gasteiger partial charge in [0.25, 0.3) is 10.0 Å². The molecule has 0 aliphatic carbocycles. The second-order valence-electron chi connectivity index (χ2n) is 9.59. The van der Waals surface area contributed by atoms with E-state index < -0.39 is 28.5 Å². The first-order valence-corrected chi connectivity index (χ1v) is 15.4. The zero-order valence-corrected chi connectivity index (χ0v) is 25.9.